The highest BCUT2D eigenvalue weighted by atomic mass is 16.5. The molecule has 0 amide bonds. The first-order valence-electron chi connectivity index (χ1n) is 6.04. The van der Waals surface area contributed by atoms with Crippen molar-refractivity contribution in [3.63, 3.8) is 0 Å². The minimum Gasteiger partial charge on any atom is -0.481 e. The number of rotatable bonds is 4. The maximum absolute atomic E-state index is 6.27. The number of nitrogens with zero attached hydrogens (tertiary/aromatic N) is 2. The molecule has 1 saturated heterocycles. The van der Waals surface area contributed by atoms with Crippen molar-refractivity contribution in [3.05, 3.63) is 23.9 Å². The quantitative estimate of drug-likeness (QED) is 0.853. The summed E-state index contributed by atoms with van der Waals surface area (Å²) in [6, 6.07) is 3.99. The SMILES string of the molecule is COc1ncccc1CN1CC(N)(C(C)C)C1. The Morgan fingerprint density at radius 3 is 2.82 bits per heavy atom. The van der Waals surface area contributed by atoms with Crippen molar-refractivity contribution < 1.29 is 4.74 Å². The fourth-order valence-electron chi connectivity index (χ4n) is 2.23. The molecule has 94 valence electrons. The van der Waals surface area contributed by atoms with Crippen LogP contribution in [0.5, 0.6) is 5.88 Å². The van der Waals surface area contributed by atoms with Crippen molar-refractivity contribution in [2.24, 2.45) is 11.7 Å². The molecule has 0 unspecified atom stereocenters. The van der Waals surface area contributed by atoms with Gasteiger partial charge in [-0.3, -0.25) is 4.90 Å². The molecule has 1 aliphatic rings. The second-order valence-electron chi connectivity index (χ2n) is 5.20. The fourth-order valence-corrected chi connectivity index (χ4v) is 2.23. The summed E-state index contributed by atoms with van der Waals surface area (Å²) in [5.41, 5.74) is 7.38. The molecule has 2 rings (SSSR count). The Balaban J connectivity index is 1.96. The van der Waals surface area contributed by atoms with Crippen LogP contribution in [-0.2, 0) is 6.54 Å². The first kappa shape index (κ1) is 12.3. The van der Waals surface area contributed by atoms with Gasteiger partial charge in [0.25, 0.3) is 0 Å². The highest BCUT2D eigenvalue weighted by Gasteiger charge is 2.41. The third-order valence-electron chi connectivity index (χ3n) is 3.62. The summed E-state index contributed by atoms with van der Waals surface area (Å²) in [5, 5.41) is 0. The third-order valence-corrected chi connectivity index (χ3v) is 3.62. The summed E-state index contributed by atoms with van der Waals surface area (Å²) in [4.78, 5) is 6.53. The van der Waals surface area contributed by atoms with Crippen LogP contribution in [0.3, 0.4) is 0 Å². The van der Waals surface area contributed by atoms with Gasteiger partial charge in [0.15, 0.2) is 0 Å². The van der Waals surface area contributed by atoms with E-state index in [0.717, 1.165) is 25.2 Å². The van der Waals surface area contributed by atoms with E-state index in [1.165, 1.54) is 0 Å². The van der Waals surface area contributed by atoms with Gasteiger partial charge >= 0.3 is 0 Å². The Bertz CT molecular complexity index is 386. The second kappa shape index (κ2) is 4.63. The molecule has 4 heteroatoms. The topological polar surface area (TPSA) is 51.4 Å². The Kier molecular flexibility index (Phi) is 3.35. The van der Waals surface area contributed by atoms with E-state index in [1.807, 2.05) is 6.07 Å². The number of likely N-dealkylation sites (tertiary alicyclic amines) is 1. The molecule has 0 radical (unpaired) electrons. The number of hydrogen-bond acceptors (Lipinski definition) is 4. The molecule has 0 aliphatic carbocycles. The fraction of sp³-hybridized carbons (Fsp3) is 0.615. The standard InChI is InChI=1S/C13H21N3O/c1-10(2)13(14)8-16(9-13)7-11-5-4-6-15-12(11)17-3/h4-6,10H,7-9,14H2,1-3H3. The smallest absolute Gasteiger partial charge is 0.217 e. The average molecular weight is 235 g/mol. The summed E-state index contributed by atoms with van der Waals surface area (Å²) in [5.74, 6) is 1.24. The van der Waals surface area contributed by atoms with Gasteiger partial charge < -0.3 is 10.5 Å². The first-order valence-corrected chi connectivity index (χ1v) is 6.04. The van der Waals surface area contributed by atoms with E-state index in [2.05, 4.69) is 29.8 Å². The van der Waals surface area contributed by atoms with Crippen molar-refractivity contribution in [3.8, 4) is 5.88 Å². The monoisotopic (exact) mass is 235 g/mol. The molecule has 2 N–H and O–H groups in total. The zero-order valence-electron chi connectivity index (χ0n) is 10.8. The molecular weight excluding hydrogens is 214 g/mol. The first-order chi connectivity index (χ1) is 8.05. The maximum atomic E-state index is 6.27. The molecule has 0 atom stereocenters. The predicted molar refractivity (Wildman–Crippen MR) is 67.8 cm³/mol. The number of methoxy groups -OCH3 is 1. The number of ether oxygens (including phenoxy) is 1. The molecule has 1 aromatic heterocycles. The normalized spacial score (nSPS) is 19.1. The van der Waals surface area contributed by atoms with E-state index >= 15 is 0 Å². The number of hydrogen-bond donors (Lipinski definition) is 1. The zero-order chi connectivity index (χ0) is 12.5. The van der Waals surface area contributed by atoms with Crippen molar-refractivity contribution in [2.75, 3.05) is 20.2 Å². The molecule has 4 nitrogen and oxygen atoms in total. The lowest BCUT2D eigenvalue weighted by Gasteiger charge is -2.50. The van der Waals surface area contributed by atoms with Gasteiger partial charge in [0, 0.05) is 36.9 Å². The van der Waals surface area contributed by atoms with E-state index in [9.17, 15) is 0 Å². The molecule has 0 spiro atoms. The Morgan fingerprint density at radius 2 is 2.24 bits per heavy atom. The number of nitrogens with two attached hydrogens (primary N) is 1. The maximum Gasteiger partial charge on any atom is 0.217 e. The van der Waals surface area contributed by atoms with Crippen LogP contribution in [-0.4, -0.2) is 35.6 Å². The molecule has 0 saturated carbocycles. The summed E-state index contributed by atoms with van der Waals surface area (Å²) in [7, 11) is 1.66. The van der Waals surface area contributed by atoms with Gasteiger partial charge in [-0.15, -0.1) is 0 Å². The average Bonchev–Trinajstić information content (AvgIpc) is 2.27. The summed E-state index contributed by atoms with van der Waals surface area (Å²) in [6.07, 6.45) is 1.75. The molecule has 1 aliphatic heterocycles. The van der Waals surface area contributed by atoms with Crippen LogP contribution in [0.4, 0.5) is 0 Å². The Hall–Kier alpha value is -1.13. The Labute approximate surface area is 103 Å². The largest absolute Gasteiger partial charge is 0.481 e. The lowest BCUT2D eigenvalue weighted by molar-refractivity contribution is 0.0307. The minimum atomic E-state index is -0.0184. The number of aromatic nitrogens is 1. The number of pyridine rings is 1. The minimum absolute atomic E-state index is 0.0184. The molecular formula is C13H21N3O. The molecule has 0 bridgehead atoms. The predicted octanol–water partition coefficient (Wildman–Crippen LogP) is 1.26. The lowest BCUT2D eigenvalue weighted by atomic mass is 9.80. The zero-order valence-corrected chi connectivity index (χ0v) is 10.8. The summed E-state index contributed by atoms with van der Waals surface area (Å²) < 4.78 is 5.25. The van der Waals surface area contributed by atoms with Crippen molar-refractivity contribution in [1.82, 2.24) is 9.88 Å². The van der Waals surface area contributed by atoms with Gasteiger partial charge in [-0.25, -0.2) is 4.98 Å². The third kappa shape index (κ3) is 2.42. The molecule has 1 fully saturated rings. The van der Waals surface area contributed by atoms with Gasteiger partial charge in [-0.1, -0.05) is 19.9 Å². The van der Waals surface area contributed by atoms with Crippen molar-refractivity contribution in [1.29, 1.82) is 0 Å². The van der Waals surface area contributed by atoms with Crippen LogP contribution in [0, 0.1) is 5.92 Å². The van der Waals surface area contributed by atoms with E-state index in [0.29, 0.717) is 11.8 Å². The van der Waals surface area contributed by atoms with Crippen LogP contribution in [0.25, 0.3) is 0 Å². The summed E-state index contributed by atoms with van der Waals surface area (Å²) in [6.45, 7) is 7.12. The Morgan fingerprint density at radius 1 is 1.53 bits per heavy atom. The molecule has 0 aromatic carbocycles. The van der Waals surface area contributed by atoms with Gasteiger partial charge in [-0.05, 0) is 12.0 Å². The van der Waals surface area contributed by atoms with Gasteiger partial charge in [0.1, 0.15) is 0 Å². The van der Waals surface area contributed by atoms with Gasteiger partial charge in [0.2, 0.25) is 5.88 Å². The summed E-state index contributed by atoms with van der Waals surface area (Å²) >= 11 is 0. The van der Waals surface area contributed by atoms with E-state index in [4.69, 9.17) is 10.5 Å². The van der Waals surface area contributed by atoms with Crippen LogP contribution in [0.15, 0.2) is 18.3 Å². The van der Waals surface area contributed by atoms with Crippen molar-refractivity contribution in [2.45, 2.75) is 25.9 Å². The van der Waals surface area contributed by atoms with Gasteiger partial charge in [0.05, 0.1) is 7.11 Å². The van der Waals surface area contributed by atoms with Crippen LogP contribution in [0.2, 0.25) is 0 Å². The van der Waals surface area contributed by atoms with Crippen molar-refractivity contribution >= 4 is 0 Å². The molecule has 1 aromatic rings. The van der Waals surface area contributed by atoms with E-state index in [1.54, 1.807) is 13.3 Å². The molecule has 2 heterocycles. The van der Waals surface area contributed by atoms with Gasteiger partial charge in [-0.2, -0.15) is 0 Å². The van der Waals surface area contributed by atoms with E-state index in [-0.39, 0.29) is 5.54 Å². The van der Waals surface area contributed by atoms with E-state index < -0.39 is 0 Å². The van der Waals surface area contributed by atoms with Crippen LogP contribution in [0.1, 0.15) is 19.4 Å². The van der Waals surface area contributed by atoms with Crippen LogP contribution >= 0.6 is 0 Å². The highest BCUT2D eigenvalue weighted by molar-refractivity contribution is 5.25. The second-order valence-corrected chi connectivity index (χ2v) is 5.20. The van der Waals surface area contributed by atoms with Crippen LogP contribution < -0.4 is 10.5 Å². The highest BCUT2D eigenvalue weighted by Crippen LogP contribution is 2.28. The lowest BCUT2D eigenvalue weighted by Crippen LogP contribution is -2.69. The molecule has 17 heavy (non-hydrogen) atoms.